The van der Waals surface area contributed by atoms with Crippen LogP contribution in [0.4, 0.5) is 5.69 Å². The first-order chi connectivity index (χ1) is 14.8. The normalized spacial score (nSPS) is 15.5. The molecule has 31 heavy (non-hydrogen) atoms. The zero-order valence-corrected chi connectivity index (χ0v) is 18.7. The molecule has 0 saturated carbocycles. The second kappa shape index (κ2) is 10.1. The molecule has 1 aliphatic rings. The second-order valence-corrected chi connectivity index (χ2v) is 9.99. The Balaban J connectivity index is 1.54. The molecule has 0 bridgehead atoms. The summed E-state index contributed by atoms with van der Waals surface area (Å²) in [5.74, 6) is -0.294. The number of nitrogens with zero attached hydrogens (tertiary/aromatic N) is 3. The van der Waals surface area contributed by atoms with Crippen LogP contribution in [0.3, 0.4) is 0 Å². The van der Waals surface area contributed by atoms with Gasteiger partial charge in [0.2, 0.25) is 15.9 Å². The number of nitrogens with one attached hydrogen (secondary N) is 1. The summed E-state index contributed by atoms with van der Waals surface area (Å²) in [5.41, 5.74) is 2.39. The molecule has 1 N–H and O–H groups in total. The Bertz CT molecular complexity index is 1030. The smallest absolute Gasteiger partial charge is 0.243 e. The van der Waals surface area contributed by atoms with E-state index < -0.39 is 10.0 Å². The van der Waals surface area contributed by atoms with Gasteiger partial charge in [0.25, 0.3) is 0 Å². The first-order valence-corrected chi connectivity index (χ1v) is 11.8. The number of carbonyl (C=O) groups is 1. The van der Waals surface area contributed by atoms with Crippen LogP contribution < -0.4 is 5.32 Å². The minimum Gasteiger partial charge on any atom is -0.326 e. The molecular weight excluding hydrogens is 412 g/mol. The van der Waals surface area contributed by atoms with Gasteiger partial charge in [0.15, 0.2) is 0 Å². The Labute approximate surface area is 184 Å². The molecule has 1 saturated heterocycles. The minimum atomic E-state index is -3.62. The number of rotatable bonds is 7. The highest BCUT2D eigenvalue weighted by Gasteiger charge is 2.32. The quantitative estimate of drug-likeness (QED) is 0.715. The van der Waals surface area contributed by atoms with Crippen LogP contribution in [0.15, 0.2) is 53.4 Å². The summed E-state index contributed by atoms with van der Waals surface area (Å²) in [6, 6.07) is 15.7. The van der Waals surface area contributed by atoms with Crippen LogP contribution in [0.2, 0.25) is 0 Å². The van der Waals surface area contributed by atoms with Crippen molar-refractivity contribution in [3.63, 3.8) is 0 Å². The highest BCUT2D eigenvalue weighted by molar-refractivity contribution is 7.89. The number of hydrogen-bond donors (Lipinski definition) is 1. The molecule has 7 nitrogen and oxygen atoms in total. The van der Waals surface area contributed by atoms with E-state index in [1.165, 1.54) is 34.1 Å². The van der Waals surface area contributed by atoms with Crippen LogP contribution in [0.25, 0.3) is 0 Å². The largest absolute Gasteiger partial charge is 0.326 e. The van der Waals surface area contributed by atoms with Gasteiger partial charge in [-0.2, -0.15) is 9.57 Å². The third-order valence-corrected chi connectivity index (χ3v) is 7.43. The molecule has 1 amide bonds. The average molecular weight is 441 g/mol. The van der Waals surface area contributed by atoms with Crippen molar-refractivity contribution in [3.05, 3.63) is 59.7 Å². The Morgan fingerprint density at radius 2 is 1.71 bits per heavy atom. The van der Waals surface area contributed by atoms with Gasteiger partial charge in [-0.25, -0.2) is 8.42 Å². The van der Waals surface area contributed by atoms with E-state index in [1.807, 2.05) is 44.4 Å². The van der Waals surface area contributed by atoms with Crippen molar-refractivity contribution < 1.29 is 13.2 Å². The SMILES string of the molecule is CN(C)CCc1ccc(NC(=O)C2CCN(S(=O)(=O)c3ccc(C#N)cc3)CC2)cc1. The Kier molecular flexibility index (Phi) is 7.44. The fourth-order valence-corrected chi connectivity index (χ4v) is 5.03. The van der Waals surface area contributed by atoms with Crippen LogP contribution in [-0.2, 0) is 21.2 Å². The van der Waals surface area contributed by atoms with Crippen LogP contribution >= 0.6 is 0 Å². The summed E-state index contributed by atoms with van der Waals surface area (Å²) in [4.78, 5) is 14.9. The first-order valence-electron chi connectivity index (χ1n) is 10.3. The Morgan fingerprint density at radius 1 is 1.10 bits per heavy atom. The van der Waals surface area contributed by atoms with Crippen molar-refractivity contribution in [2.45, 2.75) is 24.2 Å². The topological polar surface area (TPSA) is 93.5 Å². The highest BCUT2D eigenvalue weighted by Crippen LogP contribution is 2.25. The number of nitriles is 1. The van der Waals surface area contributed by atoms with Crippen molar-refractivity contribution in [2.24, 2.45) is 5.92 Å². The number of hydrogen-bond acceptors (Lipinski definition) is 5. The van der Waals surface area contributed by atoms with Crippen molar-refractivity contribution >= 4 is 21.6 Å². The van der Waals surface area contributed by atoms with Gasteiger partial charge >= 0.3 is 0 Å². The molecule has 0 radical (unpaired) electrons. The van der Waals surface area contributed by atoms with Crippen LogP contribution in [0, 0.1) is 17.2 Å². The number of amides is 1. The molecule has 0 atom stereocenters. The Hall–Kier alpha value is -2.73. The summed E-state index contributed by atoms with van der Waals surface area (Å²) >= 11 is 0. The van der Waals surface area contributed by atoms with Gasteiger partial charge in [-0.3, -0.25) is 4.79 Å². The molecule has 8 heteroatoms. The standard InChI is InChI=1S/C23H28N4O3S/c1-26(2)14-11-18-3-7-21(8-4-18)25-23(28)20-12-15-27(16-13-20)31(29,30)22-9-5-19(17-24)6-10-22/h3-10,20H,11-16H2,1-2H3,(H,25,28). The third kappa shape index (κ3) is 5.91. The summed E-state index contributed by atoms with van der Waals surface area (Å²) in [7, 11) is 0.452. The number of likely N-dealkylation sites (N-methyl/N-ethyl adjacent to an activating group) is 1. The van der Waals surface area contributed by atoms with Gasteiger partial charge < -0.3 is 10.2 Å². The van der Waals surface area contributed by atoms with Crippen LogP contribution in [-0.4, -0.2) is 57.3 Å². The molecular formula is C23H28N4O3S. The van der Waals surface area contributed by atoms with Gasteiger partial charge in [-0.05, 0) is 75.3 Å². The zero-order valence-electron chi connectivity index (χ0n) is 17.9. The predicted molar refractivity (Wildman–Crippen MR) is 120 cm³/mol. The van der Waals surface area contributed by atoms with Crippen molar-refractivity contribution in [1.29, 1.82) is 5.26 Å². The molecule has 0 aromatic heterocycles. The van der Waals surface area contributed by atoms with Crippen LogP contribution in [0.5, 0.6) is 0 Å². The maximum atomic E-state index is 12.8. The molecule has 0 aliphatic carbocycles. The van der Waals surface area contributed by atoms with Gasteiger partial charge in [-0.1, -0.05) is 12.1 Å². The maximum Gasteiger partial charge on any atom is 0.243 e. The number of sulfonamides is 1. The van der Waals surface area contributed by atoms with Crippen LogP contribution in [0.1, 0.15) is 24.0 Å². The van der Waals surface area contributed by atoms with E-state index in [0.717, 1.165) is 18.7 Å². The van der Waals surface area contributed by atoms with E-state index in [1.54, 1.807) is 0 Å². The molecule has 1 fully saturated rings. The first kappa shape index (κ1) is 22.9. The number of piperidine rings is 1. The third-order valence-electron chi connectivity index (χ3n) is 5.52. The monoisotopic (exact) mass is 440 g/mol. The van der Waals surface area contributed by atoms with Gasteiger partial charge in [0.1, 0.15) is 0 Å². The summed E-state index contributed by atoms with van der Waals surface area (Å²) in [6.07, 6.45) is 1.90. The average Bonchev–Trinajstić information content (AvgIpc) is 2.78. The summed E-state index contributed by atoms with van der Waals surface area (Å²) < 4.78 is 27.1. The van der Waals surface area contributed by atoms with E-state index in [-0.39, 0.29) is 16.7 Å². The van der Waals surface area contributed by atoms with E-state index >= 15 is 0 Å². The molecule has 1 aliphatic heterocycles. The number of carbonyl (C=O) groups excluding carboxylic acids is 1. The molecule has 2 aromatic carbocycles. The van der Waals surface area contributed by atoms with Gasteiger partial charge in [-0.15, -0.1) is 0 Å². The van der Waals surface area contributed by atoms with E-state index in [0.29, 0.717) is 31.5 Å². The van der Waals surface area contributed by atoms with E-state index in [2.05, 4.69) is 10.2 Å². The van der Waals surface area contributed by atoms with Crippen molar-refractivity contribution in [2.75, 3.05) is 39.0 Å². The molecule has 2 aromatic rings. The lowest BCUT2D eigenvalue weighted by molar-refractivity contribution is -0.120. The predicted octanol–water partition coefficient (Wildman–Crippen LogP) is 2.70. The lowest BCUT2D eigenvalue weighted by atomic mass is 9.97. The second-order valence-electron chi connectivity index (χ2n) is 8.05. The van der Waals surface area contributed by atoms with Gasteiger partial charge in [0.05, 0.1) is 16.5 Å². The van der Waals surface area contributed by atoms with Gasteiger partial charge in [0, 0.05) is 31.2 Å². The molecule has 164 valence electrons. The zero-order chi connectivity index (χ0) is 22.4. The summed E-state index contributed by atoms with van der Waals surface area (Å²) in [6.45, 7) is 1.56. The fraction of sp³-hybridized carbons (Fsp3) is 0.391. The number of benzene rings is 2. The van der Waals surface area contributed by atoms with E-state index in [9.17, 15) is 13.2 Å². The lowest BCUT2D eigenvalue weighted by Crippen LogP contribution is -2.41. The maximum absolute atomic E-state index is 12.8. The van der Waals surface area contributed by atoms with Crippen molar-refractivity contribution in [3.8, 4) is 6.07 Å². The lowest BCUT2D eigenvalue weighted by Gasteiger charge is -2.30. The van der Waals surface area contributed by atoms with E-state index in [4.69, 9.17) is 5.26 Å². The minimum absolute atomic E-state index is 0.0727. The number of anilines is 1. The summed E-state index contributed by atoms with van der Waals surface area (Å²) in [5, 5.41) is 11.8. The molecule has 3 rings (SSSR count). The molecule has 0 spiro atoms. The Morgan fingerprint density at radius 3 is 2.26 bits per heavy atom. The molecule has 1 heterocycles. The highest BCUT2D eigenvalue weighted by atomic mass is 32.2. The van der Waals surface area contributed by atoms with Crippen molar-refractivity contribution in [1.82, 2.24) is 9.21 Å². The molecule has 0 unspecified atom stereocenters. The fourth-order valence-electron chi connectivity index (χ4n) is 3.56.